The fourth-order valence-corrected chi connectivity index (χ4v) is 2.07. The maximum Gasteiger partial charge on any atom is 0.00461 e. The normalized spacial score (nSPS) is 16.4. The Kier molecular flexibility index (Phi) is 7.18. The van der Waals surface area contributed by atoms with Crippen LogP contribution in [0.2, 0.25) is 0 Å². The summed E-state index contributed by atoms with van der Waals surface area (Å²) >= 11 is 2.08. The van der Waals surface area contributed by atoms with Crippen molar-refractivity contribution < 1.29 is 0 Å². The van der Waals surface area contributed by atoms with Gasteiger partial charge in [-0.25, -0.2) is 0 Å². The van der Waals surface area contributed by atoms with Gasteiger partial charge in [0, 0.05) is 11.3 Å². The molecule has 0 saturated heterocycles. The van der Waals surface area contributed by atoms with Crippen LogP contribution in [-0.4, -0.2) is 24.1 Å². The summed E-state index contributed by atoms with van der Waals surface area (Å²) in [6.07, 6.45) is 2.57. The highest BCUT2D eigenvalue weighted by Crippen LogP contribution is 2.16. The van der Waals surface area contributed by atoms with Gasteiger partial charge in [0.1, 0.15) is 0 Å². The Labute approximate surface area is 75.3 Å². The van der Waals surface area contributed by atoms with Gasteiger partial charge in [0.05, 0.1) is 0 Å². The SMILES string of the molecule is CCCSC(C)CC(C)NC. The van der Waals surface area contributed by atoms with Gasteiger partial charge in [0.15, 0.2) is 0 Å². The van der Waals surface area contributed by atoms with Crippen LogP contribution in [-0.2, 0) is 0 Å². The average Bonchev–Trinajstić information content (AvgIpc) is 2.00. The Balaban J connectivity index is 3.27. The monoisotopic (exact) mass is 175 g/mol. The van der Waals surface area contributed by atoms with Crippen molar-refractivity contribution in [2.45, 2.75) is 44.9 Å². The molecule has 2 unspecified atom stereocenters. The van der Waals surface area contributed by atoms with Crippen LogP contribution in [0.25, 0.3) is 0 Å². The lowest BCUT2D eigenvalue weighted by Crippen LogP contribution is -2.24. The average molecular weight is 175 g/mol. The van der Waals surface area contributed by atoms with E-state index in [9.17, 15) is 0 Å². The smallest absolute Gasteiger partial charge is 0.00461 e. The van der Waals surface area contributed by atoms with Crippen molar-refractivity contribution in [3.05, 3.63) is 0 Å². The second kappa shape index (κ2) is 6.99. The summed E-state index contributed by atoms with van der Waals surface area (Å²) in [6, 6.07) is 0.661. The van der Waals surface area contributed by atoms with E-state index in [1.54, 1.807) is 0 Å². The first-order chi connectivity index (χ1) is 5.20. The molecule has 0 aliphatic carbocycles. The molecule has 0 bridgehead atoms. The molecule has 0 aliphatic heterocycles. The first-order valence-electron chi connectivity index (χ1n) is 4.49. The van der Waals surface area contributed by atoms with Crippen molar-refractivity contribution in [3.63, 3.8) is 0 Å². The highest BCUT2D eigenvalue weighted by molar-refractivity contribution is 7.99. The largest absolute Gasteiger partial charge is 0.317 e. The van der Waals surface area contributed by atoms with Crippen molar-refractivity contribution in [2.24, 2.45) is 0 Å². The van der Waals surface area contributed by atoms with E-state index in [0.29, 0.717) is 6.04 Å². The minimum atomic E-state index is 0.661. The van der Waals surface area contributed by atoms with E-state index in [4.69, 9.17) is 0 Å². The third kappa shape index (κ3) is 6.70. The van der Waals surface area contributed by atoms with Gasteiger partial charge in [0.2, 0.25) is 0 Å². The Morgan fingerprint density at radius 1 is 1.36 bits per heavy atom. The molecule has 0 rings (SSSR count). The molecule has 0 spiro atoms. The molecular weight excluding hydrogens is 154 g/mol. The number of hydrogen-bond acceptors (Lipinski definition) is 2. The zero-order valence-corrected chi connectivity index (χ0v) is 9.00. The Bertz CT molecular complexity index is 85.6. The molecule has 0 amide bonds. The van der Waals surface area contributed by atoms with Crippen LogP contribution in [0.15, 0.2) is 0 Å². The molecule has 0 saturated carbocycles. The molecule has 68 valence electrons. The second-order valence-electron chi connectivity index (χ2n) is 3.11. The lowest BCUT2D eigenvalue weighted by atomic mass is 10.2. The molecule has 0 aliphatic rings. The molecule has 2 heteroatoms. The van der Waals surface area contributed by atoms with E-state index in [0.717, 1.165) is 5.25 Å². The van der Waals surface area contributed by atoms with Crippen LogP contribution in [0.5, 0.6) is 0 Å². The zero-order valence-electron chi connectivity index (χ0n) is 8.18. The van der Waals surface area contributed by atoms with Gasteiger partial charge in [-0.15, -0.1) is 0 Å². The Morgan fingerprint density at radius 2 is 2.00 bits per heavy atom. The van der Waals surface area contributed by atoms with Gasteiger partial charge < -0.3 is 5.32 Å². The standard InChI is InChI=1S/C9H21NS/c1-5-6-11-9(3)7-8(2)10-4/h8-10H,5-7H2,1-4H3. The molecule has 0 aromatic carbocycles. The lowest BCUT2D eigenvalue weighted by Gasteiger charge is -2.15. The second-order valence-corrected chi connectivity index (χ2v) is 4.65. The summed E-state index contributed by atoms with van der Waals surface area (Å²) in [5, 5.41) is 4.06. The summed E-state index contributed by atoms with van der Waals surface area (Å²) in [7, 11) is 2.03. The first-order valence-corrected chi connectivity index (χ1v) is 5.54. The zero-order chi connectivity index (χ0) is 8.69. The van der Waals surface area contributed by atoms with Crippen LogP contribution >= 0.6 is 11.8 Å². The van der Waals surface area contributed by atoms with Crippen LogP contribution in [0.4, 0.5) is 0 Å². The fraction of sp³-hybridized carbons (Fsp3) is 1.00. The molecule has 1 N–H and O–H groups in total. The molecule has 2 atom stereocenters. The van der Waals surface area contributed by atoms with Crippen molar-refractivity contribution >= 4 is 11.8 Å². The van der Waals surface area contributed by atoms with Gasteiger partial charge in [-0.2, -0.15) is 11.8 Å². The third-order valence-corrected chi connectivity index (χ3v) is 3.19. The maximum atomic E-state index is 3.26. The molecule has 11 heavy (non-hydrogen) atoms. The third-order valence-electron chi connectivity index (χ3n) is 1.78. The highest BCUT2D eigenvalue weighted by atomic mass is 32.2. The molecule has 0 heterocycles. The quantitative estimate of drug-likeness (QED) is 0.666. The van der Waals surface area contributed by atoms with E-state index >= 15 is 0 Å². The fourth-order valence-electron chi connectivity index (χ4n) is 1.00. The first kappa shape index (κ1) is 11.3. The van der Waals surface area contributed by atoms with Crippen LogP contribution in [0.1, 0.15) is 33.6 Å². The number of nitrogens with one attached hydrogen (secondary N) is 1. The van der Waals surface area contributed by atoms with Crippen molar-refractivity contribution in [2.75, 3.05) is 12.8 Å². The molecular formula is C9H21NS. The van der Waals surface area contributed by atoms with Gasteiger partial charge in [-0.05, 0) is 32.6 Å². The summed E-state index contributed by atoms with van der Waals surface area (Å²) < 4.78 is 0. The van der Waals surface area contributed by atoms with Gasteiger partial charge in [-0.3, -0.25) is 0 Å². The van der Waals surface area contributed by atoms with Crippen molar-refractivity contribution in [1.82, 2.24) is 5.32 Å². The van der Waals surface area contributed by atoms with Gasteiger partial charge in [0.25, 0.3) is 0 Å². The summed E-state index contributed by atoms with van der Waals surface area (Å²) in [5.74, 6) is 1.30. The van der Waals surface area contributed by atoms with Crippen molar-refractivity contribution in [3.8, 4) is 0 Å². The lowest BCUT2D eigenvalue weighted by molar-refractivity contribution is 0.564. The number of hydrogen-bond donors (Lipinski definition) is 1. The minimum Gasteiger partial charge on any atom is -0.317 e. The number of rotatable bonds is 6. The molecule has 0 radical (unpaired) electrons. The topological polar surface area (TPSA) is 12.0 Å². The Hall–Kier alpha value is 0.310. The predicted octanol–water partition coefficient (Wildman–Crippen LogP) is 2.52. The maximum absolute atomic E-state index is 3.26. The molecule has 0 aromatic rings. The highest BCUT2D eigenvalue weighted by Gasteiger charge is 2.05. The minimum absolute atomic E-state index is 0.661. The van der Waals surface area contributed by atoms with Gasteiger partial charge >= 0.3 is 0 Å². The van der Waals surface area contributed by atoms with Crippen molar-refractivity contribution in [1.29, 1.82) is 0 Å². The summed E-state index contributed by atoms with van der Waals surface area (Å²) in [5.41, 5.74) is 0. The van der Waals surface area contributed by atoms with Crippen LogP contribution < -0.4 is 5.32 Å². The molecule has 1 nitrogen and oxygen atoms in total. The van der Waals surface area contributed by atoms with E-state index in [2.05, 4.69) is 37.8 Å². The summed E-state index contributed by atoms with van der Waals surface area (Å²) in [4.78, 5) is 0. The number of thioether (sulfide) groups is 1. The molecule has 0 aromatic heterocycles. The van der Waals surface area contributed by atoms with Crippen LogP contribution in [0, 0.1) is 0 Å². The Morgan fingerprint density at radius 3 is 2.45 bits per heavy atom. The summed E-state index contributed by atoms with van der Waals surface area (Å²) in [6.45, 7) is 6.79. The van der Waals surface area contributed by atoms with E-state index < -0.39 is 0 Å². The van der Waals surface area contributed by atoms with E-state index in [1.165, 1.54) is 18.6 Å². The molecule has 0 fully saturated rings. The van der Waals surface area contributed by atoms with Gasteiger partial charge in [-0.1, -0.05) is 13.8 Å². The van der Waals surface area contributed by atoms with Crippen LogP contribution in [0.3, 0.4) is 0 Å². The van der Waals surface area contributed by atoms with E-state index in [-0.39, 0.29) is 0 Å². The predicted molar refractivity (Wildman–Crippen MR) is 55.3 cm³/mol. The van der Waals surface area contributed by atoms with E-state index in [1.807, 2.05) is 7.05 Å².